The molecule has 0 aromatic carbocycles. The van der Waals surface area contributed by atoms with E-state index < -0.39 is 0 Å². The van der Waals surface area contributed by atoms with Gasteiger partial charge in [0.1, 0.15) is 0 Å². The fourth-order valence-corrected chi connectivity index (χ4v) is 3.33. The third kappa shape index (κ3) is 1.33. The zero-order valence-corrected chi connectivity index (χ0v) is 9.02. The summed E-state index contributed by atoms with van der Waals surface area (Å²) in [5.74, 6) is 2.66. The SMILES string of the molecule is Cn1ccnc1C(=O)C1CC2CCC1C2. The Balaban J connectivity index is 1.84. The van der Waals surface area contributed by atoms with E-state index in [9.17, 15) is 4.79 Å². The van der Waals surface area contributed by atoms with E-state index in [-0.39, 0.29) is 11.7 Å². The molecular formula is C12H16N2O. The van der Waals surface area contributed by atoms with Crippen LogP contribution in [0.4, 0.5) is 0 Å². The van der Waals surface area contributed by atoms with Crippen molar-refractivity contribution in [2.45, 2.75) is 25.7 Å². The number of Topliss-reactive ketones (excluding diaryl/α,β-unsaturated/α-hetero) is 1. The van der Waals surface area contributed by atoms with Gasteiger partial charge in [0.15, 0.2) is 5.82 Å². The molecule has 3 heteroatoms. The lowest BCUT2D eigenvalue weighted by atomic mass is 9.85. The van der Waals surface area contributed by atoms with E-state index in [1.807, 2.05) is 17.8 Å². The highest BCUT2D eigenvalue weighted by molar-refractivity contribution is 5.95. The summed E-state index contributed by atoms with van der Waals surface area (Å²) in [6, 6.07) is 0. The van der Waals surface area contributed by atoms with Crippen LogP contribution >= 0.6 is 0 Å². The van der Waals surface area contributed by atoms with Gasteiger partial charge in [-0.1, -0.05) is 6.42 Å². The molecule has 2 fully saturated rings. The van der Waals surface area contributed by atoms with Crippen LogP contribution in [0.3, 0.4) is 0 Å². The number of aryl methyl sites for hydroxylation is 1. The fraction of sp³-hybridized carbons (Fsp3) is 0.667. The Labute approximate surface area is 89.5 Å². The monoisotopic (exact) mass is 204 g/mol. The van der Waals surface area contributed by atoms with Gasteiger partial charge in [-0.3, -0.25) is 4.79 Å². The van der Waals surface area contributed by atoms with E-state index in [1.54, 1.807) is 6.20 Å². The number of carbonyl (C=O) groups excluding carboxylic acids is 1. The van der Waals surface area contributed by atoms with Gasteiger partial charge in [0.2, 0.25) is 5.78 Å². The first kappa shape index (κ1) is 9.13. The van der Waals surface area contributed by atoms with Crippen molar-refractivity contribution < 1.29 is 4.79 Å². The molecule has 1 heterocycles. The largest absolute Gasteiger partial charge is 0.332 e. The number of carbonyl (C=O) groups is 1. The molecule has 2 saturated carbocycles. The average molecular weight is 204 g/mol. The summed E-state index contributed by atoms with van der Waals surface area (Å²) < 4.78 is 1.84. The molecule has 15 heavy (non-hydrogen) atoms. The third-order valence-electron chi connectivity index (χ3n) is 4.12. The molecule has 0 amide bonds. The number of hydrogen-bond acceptors (Lipinski definition) is 2. The van der Waals surface area contributed by atoms with Crippen LogP contribution in [-0.4, -0.2) is 15.3 Å². The Hall–Kier alpha value is -1.12. The Morgan fingerprint density at radius 3 is 2.87 bits per heavy atom. The number of rotatable bonds is 2. The van der Waals surface area contributed by atoms with Crippen molar-refractivity contribution in [2.24, 2.45) is 24.8 Å². The van der Waals surface area contributed by atoms with E-state index in [0.29, 0.717) is 11.7 Å². The molecule has 80 valence electrons. The topological polar surface area (TPSA) is 34.9 Å². The highest BCUT2D eigenvalue weighted by Gasteiger charge is 2.43. The smallest absolute Gasteiger partial charge is 0.201 e. The van der Waals surface area contributed by atoms with Crippen molar-refractivity contribution in [2.75, 3.05) is 0 Å². The van der Waals surface area contributed by atoms with Crippen LogP contribution < -0.4 is 0 Å². The Morgan fingerprint density at radius 1 is 1.47 bits per heavy atom. The molecule has 2 bridgehead atoms. The van der Waals surface area contributed by atoms with Crippen LogP contribution in [0.5, 0.6) is 0 Å². The molecule has 3 nitrogen and oxygen atoms in total. The van der Waals surface area contributed by atoms with Gasteiger partial charge in [0, 0.05) is 25.4 Å². The van der Waals surface area contributed by atoms with Gasteiger partial charge in [-0.15, -0.1) is 0 Å². The minimum atomic E-state index is 0.268. The fourth-order valence-electron chi connectivity index (χ4n) is 3.33. The molecule has 2 aliphatic carbocycles. The van der Waals surface area contributed by atoms with Gasteiger partial charge in [0.25, 0.3) is 0 Å². The van der Waals surface area contributed by atoms with Gasteiger partial charge in [-0.2, -0.15) is 0 Å². The van der Waals surface area contributed by atoms with Crippen LogP contribution in [0.15, 0.2) is 12.4 Å². The number of hydrogen-bond donors (Lipinski definition) is 0. The van der Waals surface area contributed by atoms with Crippen molar-refractivity contribution in [1.29, 1.82) is 0 Å². The second kappa shape index (κ2) is 3.19. The first-order valence-corrected chi connectivity index (χ1v) is 5.77. The van der Waals surface area contributed by atoms with Gasteiger partial charge in [-0.25, -0.2) is 4.98 Å². The van der Waals surface area contributed by atoms with E-state index in [1.165, 1.54) is 19.3 Å². The number of imidazole rings is 1. The molecule has 0 N–H and O–H groups in total. The number of aromatic nitrogens is 2. The van der Waals surface area contributed by atoms with Gasteiger partial charge >= 0.3 is 0 Å². The normalized spacial score (nSPS) is 33.5. The first-order valence-electron chi connectivity index (χ1n) is 5.77. The first-order chi connectivity index (χ1) is 7.25. The zero-order valence-electron chi connectivity index (χ0n) is 9.02. The zero-order chi connectivity index (χ0) is 10.4. The minimum absolute atomic E-state index is 0.268. The number of nitrogens with zero attached hydrogens (tertiary/aromatic N) is 2. The Morgan fingerprint density at radius 2 is 2.33 bits per heavy atom. The Bertz CT molecular complexity index is 396. The summed E-state index contributed by atoms with van der Waals surface area (Å²) in [7, 11) is 1.90. The second-order valence-corrected chi connectivity index (χ2v) is 5.01. The van der Waals surface area contributed by atoms with Crippen LogP contribution in [0.2, 0.25) is 0 Å². The summed E-state index contributed by atoms with van der Waals surface area (Å²) >= 11 is 0. The van der Waals surface area contributed by atoms with Gasteiger partial charge < -0.3 is 4.57 Å². The van der Waals surface area contributed by atoms with Crippen molar-refractivity contribution in [1.82, 2.24) is 9.55 Å². The van der Waals surface area contributed by atoms with Gasteiger partial charge in [-0.05, 0) is 31.1 Å². The van der Waals surface area contributed by atoms with Crippen molar-refractivity contribution in [3.63, 3.8) is 0 Å². The van der Waals surface area contributed by atoms with Gasteiger partial charge in [0.05, 0.1) is 0 Å². The predicted octanol–water partition coefficient (Wildman–Crippen LogP) is 2.04. The quantitative estimate of drug-likeness (QED) is 0.691. The maximum absolute atomic E-state index is 12.2. The summed E-state index contributed by atoms with van der Waals surface area (Å²) in [6.07, 6.45) is 8.54. The standard InChI is InChI=1S/C12H16N2O/c1-14-5-4-13-12(14)11(15)10-7-8-2-3-9(10)6-8/h4-5,8-10H,2-3,6-7H2,1H3. The van der Waals surface area contributed by atoms with Crippen molar-refractivity contribution in [3.8, 4) is 0 Å². The maximum Gasteiger partial charge on any atom is 0.201 e. The molecule has 2 aliphatic rings. The number of fused-ring (bicyclic) bond motifs is 2. The second-order valence-electron chi connectivity index (χ2n) is 5.01. The van der Waals surface area contributed by atoms with E-state index in [2.05, 4.69) is 4.98 Å². The molecule has 1 aromatic rings. The molecule has 3 unspecified atom stereocenters. The third-order valence-corrected chi connectivity index (χ3v) is 4.12. The lowest BCUT2D eigenvalue weighted by Gasteiger charge is -2.19. The lowest BCUT2D eigenvalue weighted by Crippen LogP contribution is -2.23. The van der Waals surface area contributed by atoms with Crippen LogP contribution in [0.1, 0.15) is 36.3 Å². The van der Waals surface area contributed by atoms with E-state index in [0.717, 1.165) is 12.3 Å². The lowest BCUT2D eigenvalue weighted by molar-refractivity contribution is 0.0860. The van der Waals surface area contributed by atoms with E-state index >= 15 is 0 Å². The summed E-state index contributed by atoms with van der Waals surface area (Å²) in [4.78, 5) is 16.4. The van der Waals surface area contributed by atoms with Crippen LogP contribution in [-0.2, 0) is 7.05 Å². The number of ketones is 1. The molecular weight excluding hydrogens is 188 g/mol. The van der Waals surface area contributed by atoms with Crippen LogP contribution in [0.25, 0.3) is 0 Å². The molecule has 0 aliphatic heterocycles. The Kier molecular flexibility index (Phi) is 1.94. The summed E-state index contributed by atoms with van der Waals surface area (Å²) in [5.41, 5.74) is 0. The molecule has 0 saturated heterocycles. The maximum atomic E-state index is 12.2. The van der Waals surface area contributed by atoms with Crippen molar-refractivity contribution >= 4 is 5.78 Å². The highest BCUT2D eigenvalue weighted by atomic mass is 16.1. The summed E-state index contributed by atoms with van der Waals surface area (Å²) in [6.45, 7) is 0. The predicted molar refractivity (Wildman–Crippen MR) is 56.5 cm³/mol. The van der Waals surface area contributed by atoms with Crippen molar-refractivity contribution in [3.05, 3.63) is 18.2 Å². The minimum Gasteiger partial charge on any atom is -0.332 e. The molecule has 3 atom stereocenters. The molecule has 0 spiro atoms. The summed E-state index contributed by atoms with van der Waals surface area (Å²) in [5, 5.41) is 0. The molecule has 3 rings (SSSR count). The van der Waals surface area contributed by atoms with E-state index in [4.69, 9.17) is 0 Å². The molecule has 1 aromatic heterocycles. The highest BCUT2D eigenvalue weighted by Crippen LogP contribution is 2.49. The average Bonchev–Trinajstić information content (AvgIpc) is 2.91. The molecule has 0 radical (unpaired) electrons. The van der Waals surface area contributed by atoms with Crippen LogP contribution in [0, 0.1) is 17.8 Å².